The number of rotatable bonds is 6. The molecule has 1 aromatic heterocycles. The van der Waals surface area contributed by atoms with Gasteiger partial charge in [0.15, 0.2) is 16.0 Å². The molecule has 0 spiro atoms. The highest BCUT2D eigenvalue weighted by Crippen LogP contribution is 2.40. The van der Waals surface area contributed by atoms with E-state index in [-0.39, 0.29) is 33.6 Å². The van der Waals surface area contributed by atoms with E-state index in [0.717, 1.165) is 16.7 Å². The van der Waals surface area contributed by atoms with E-state index in [0.29, 0.717) is 28.6 Å². The minimum atomic E-state index is -4.09. The monoisotopic (exact) mass is 592 g/mol. The van der Waals surface area contributed by atoms with Crippen LogP contribution in [0.3, 0.4) is 0 Å². The summed E-state index contributed by atoms with van der Waals surface area (Å²) in [6.07, 6.45) is 0.315. The first kappa shape index (κ1) is 28.2. The first-order chi connectivity index (χ1) is 17.3. The predicted octanol–water partition coefficient (Wildman–Crippen LogP) is -0.820. The first-order valence-electron chi connectivity index (χ1n) is 9.89. The van der Waals surface area contributed by atoms with Gasteiger partial charge < -0.3 is 21.4 Å². The summed E-state index contributed by atoms with van der Waals surface area (Å²) in [5, 5.41) is 14.5. The highest BCUT2D eigenvalue weighted by atomic mass is 32.2. The molecule has 1 atom stereocenters. The Hall–Kier alpha value is -3.36. The van der Waals surface area contributed by atoms with Gasteiger partial charge in [0, 0.05) is 23.9 Å². The van der Waals surface area contributed by atoms with Gasteiger partial charge in [0.2, 0.25) is 5.91 Å². The van der Waals surface area contributed by atoms with Crippen molar-refractivity contribution in [2.75, 3.05) is 31.4 Å². The van der Waals surface area contributed by atoms with Crippen LogP contribution in [0.1, 0.15) is 12.1 Å². The number of nitrogen functional groups attached to an aromatic ring is 1. The Morgan fingerprint density at radius 1 is 1.41 bits per heavy atom. The van der Waals surface area contributed by atoms with E-state index in [1.165, 1.54) is 42.2 Å². The van der Waals surface area contributed by atoms with E-state index in [1.54, 1.807) is 10.1 Å². The molecule has 3 aliphatic heterocycles. The van der Waals surface area contributed by atoms with Crippen LogP contribution < -0.4 is 16.2 Å². The molecule has 1 aromatic rings. The third-order valence-electron chi connectivity index (χ3n) is 4.70. The van der Waals surface area contributed by atoms with Gasteiger partial charge in [0.1, 0.15) is 18.5 Å². The number of amides is 4. The van der Waals surface area contributed by atoms with Crippen LogP contribution in [0.15, 0.2) is 26.2 Å². The van der Waals surface area contributed by atoms with Crippen molar-refractivity contribution in [2.45, 2.75) is 11.8 Å². The molecule has 37 heavy (non-hydrogen) atoms. The number of anilines is 1. The van der Waals surface area contributed by atoms with Gasteiger partial charge in [-0.05, 0) is 5.57 Å². The number of fused-ring (bicyclic) bond motifs is 1. The molecule has 6 N–H and O–H groups in total. The minimum Gasteiger partial charge on any atom is -0.477 e. The highest BCUT2D eigenvalue weighted by Gasteiger charge is 2.45. The first-order valence-corrected chi connectivity index (χ1v) is 14.2. The van der Waals surface area contributed by atoms with Gasteiger partial charge in [-0.2, -0.15) is 8.42 Å². The number of hydrogen-bond donors (Lipinski definition) is 4. The zero-order chi connectivity index (χ0) is 27.5. The molecular weight excluding hydrogens is 573 g/mol. The SMILES string of the molecule is CN1C(=O)NS(=O)(=O)N=C1SCC1=C(C(=O)O)N2C(=O)C[C@H]2SC1.CO/N=C(\C(N)=O)c1csc(N)n1. The average molecular weight is 593 g/mol. The molecule has 0 unspecified atom stereocenters. The Kier molecular flexibility index (Phi) is 8.66. The summed E-state index contributed by atoms with van der Waals surface area (Å²) < 4.78 is 28.1. The summed E-state index contributed by atoms with van der Waals surface area (Å²) in [5.74, 6) is -1.63. The van der Waals surface area contributed by atoms with Crippen molar-refractivity contribution in [3.05, 3.63) is 22.3 Å². The fourth-order valence-electron chi connectivity index (χ4n) is 3.02. The number of carbonyl (C=O) groups excluding carboxylic acids is 3. The molecule has 4 heterocycles. The molecule has 1 saturated heterocycles. The molecule has 0 saturated carbocycles. The zero-order valence-corrected chi connectivity index (χ0v) is 22.4. The van der Waals surface area contributed by atoms with E-state index >= 15 is 0 Å². The van der Waals surface area contributed by atoms with Gasteiger partial charge in [-0.3, -0.25) is 19.4 Å². The summed E-state index contributed by atoms with van der Waals surface area (Å²) in [6, 6.07) is -0.837. The number of hydrogen-bond acceptors (Lipinski definition) is 13. The Labute approximate surface area is 222 Å². The maximum Gasteiger partial charge on any atom is 0.352 e. The molecular formula is C17H20N8O8S4. The fraction of sp³-hybridized carbons (Fsp3) is 0.353. The quantitative estimate of drug-likeness (QED) is 0.180. The Balaban J connectivity index is 0.000000248. The number of aliphatic carboxylic acids is 1. The van der Waals surface area contributed by atoms with Crippen LogP contribution in [0.25, 0.3) is 0 Å². The molecule has 0 bridgehead atoms. The lowest BCUT2D eigenvalue weighted by Crippen LogP contribution is -2.54. The number of carboxylic acids is 1. The second kappa shape index (κ2) is 11.4. The third kappa shape index (κ3) is 6.50. The van der Waals surface area contributed by atoms with Crippen molar-refractivity contribution in [3.63, 3.8) is 0 Å². The third-order valence-corrected chi connectivity index (χ3v) is 8.73. The van der Waals surface area contributed by atoms with Gasteiger partial charge in [-0.1, -0.05) is 16.9 Å². The molecule has 0 aromatic carbocycles. The normalized spacial score (nSPS) is 20.6. The highest BCUT2D eigenvalue weighted by molar-refractivity contribution is 8.14. The van der Waals surface area contributed by atoms with Gasteiger partial charge >= 0.3 is 22.2 Å². The molecule has 0 aliphatic carbocycles. The average Bonchev–Trinajstić information content (AvgIpc) is 3.23. The van der Waals surface area contributed by atoms with Crippen LogP contribution >= 0.6 is 34.9 Å². The maximum atomic E-state index is 11.7. The molecule has 200 valence electrons. The van der Waals surface area contributed by atoms with E-state index in [9.17, 15) is 32.7 Å². The Morgan fingerprint density at radius 2 is 2.11 bits per heavy atom. The van der Waals surface area contributed by atoms with Crippen molar-refractivity contribution in [2.24, 2.45) is 15.3 Å². The number of nitrogens with one attached hydrogen (secondary N) is 1. The van der Waals surface area contributed by atoms with Crippen LogP contribution in [-0.2, 0) is 29.4 Å². The molecule has 3 aliphatic rings. The fourth-order valence-corrected chi connectivity index (χ4v) is 7.02. The molecule has 16 nitrogen and oxygen atoms in total. The number of primary amides is 1. The van der Waals surface area contributed by atoms with Crippen molar-refractivity contribution >= 4 is 84.9 Å². The number of carboxylic acid groups (broad SMARTS) is 1. The number of nitrogens with two attached hydrogens (primary N) is 2. The zero-order valence-electron chi connectivity index (χ0n) is 19.1. The largest absolute Gasteiger partial charge is 0.477 e. The lowest BCUT2D eigenvalue weighted by Gasteiger charge is -2.44. The van der Waals surface area contributed by atoms with Crippen molar-refractivity contribution in [1.82, 2.24) is 19.5 Å². The summed E-state index contributed by atoms with van der Waals surface area (Å²) in [6.45, 7) is 0. The standard InChI is InChI=1S/C11H12N4O6S3.C6H8N4O2S/c1-14-10(19)12-24(20,21)13-11(14)23-4-5-3-22-7-2-6(16)15(7)8(5)9(17)18;1-12-10-4(5(7)11)3-2-13-6(8)9-3/h7H,2-4H2,1H3,(H,12,19)(H,17,18);2H,1H3,(H2,7,11)(H2,8,9)/b;10-4-/t7-;/m1./s1. The van der Waals surface area contributed by atoms with Crippen molar-refractivity contribution in [3.8, 4) is 0 Å². The number of β-lactam (4-membered cyclic amide) rings is 1. The number of aromatic nitrogens is 1. The summed E-state index contributed by atoms with van der Waals surface area (Å²) in [7, 11) is -1.42. The molecule has 20 heteroatoms. The second-order valence-corrected chi connectivity index (χ2v) is 11.5. The van der Waals surface area contributed by atoms with Gasteiger partial charge in [0.05, 0.1) is 11.8 Å². The number of nitrogens with zero attached hydrogens (tertiary/aromatic N) is 5. The van der Waals surface area contributed by atoms with Crippen LogP contribution in [0.4, 0.5) is 9.93 Å². The number of thioether (sulfide) groups is 2. The van der Waals surface area contributed by atoms with Gasteiger partial charge in [-0.15, -0.1) is 27.5 Å². The van der Waals surface area contributed by atoms with Crippen LogP contribution in [-0.4, -0.2) is 94.0 Å². The molecule has 4 rings (SSSR count). The number of carbonyl (C=O) groups is 4. The van der Waals surface area contributed by atoms with Gasteiger partial charge in [-0.25, -0.2) is 19.3 Å². The van der Waals surface area contributed by atoms with Crippen molar-refractivity contribution < 1.29 is 37.5 Å². The Bertz CT molecular complexity index is 1340. The summed E-state index contributed by atoms with van der Waals surface area (Å²) in [4.78, 5) is 56.1. The smallest absolute Gasteiger partial charge is 0.352 e. The topological polar surface area (TPSA) is 240 Å². The number of oxime groups is 1. The molecule has 4 amide bonds. The molecule has 1 fully saturated rings. The van der Waals surface area contributed by atoms with Crippen molar-refractivity contribution in [1.29, 1.82) is 0 Å². The Morgan fingerprint density at radius 3 is 2.65 bits per heavy atom. The van der Waals surface area contributed by atoms with E-state index < -0.39 is 28.1 Å². The van der Waals surface area contributed by atoms with E-state index in [4.69, 9.17) is 11.5 Å². The second-order valence-electron chi connectivity index (χ2n) is 7.15. The predicted molar refractivity (Wildman–Crippen MR) is 137 cm³/mol. The number of amidine groups is 1. The lowest BCUT2D eigenvalue weighted by molar-refractivity contribution is -0.146. The molecule has 0 radical (unpaired) electrons. The van der Waals surface area contributed by atoms with Crippen LogP contribution in [0, 0.1) is 0 Å². The maximum absolute atomic E-state index is 11.7. The van der Waals surface area contributed by atoms with E-state index in [2.05, 4.69) is 19.4 Å². The van der Waals surface area contributed by atoms with E-state index in [1.807, 2.05) is 0 Å². The number of thiazole rings is 1. The lowest BCUT2D eigenvalue weighted by atomic mass is 10.1. The van der Waals surface area contributed by atoms with Gasteiger partial charge in [0.25, 0.3) is 5.91 Å². The minimum absolute atomic E-state index is 0.0320. The summed E-state index contributed by atoms with van der Waals surface area (Å²) >= 11 is 3.58. The van der Waals surface area contributed by atoms with Crippen LogP contribution in [0.5, 0.6) is 0 Å². The summed E-state index contributed by atoms with van der Waals surface area (Å²) in [5.41, 5.74) is 11.1. The number of urea groups is 1. The van der Waals surface area contributed by atoms with Crippen LogP contribution in [0.2, 0.25) is 0 Å².